The minimum Gasteiger partial charge on any atom is -0.141 e. The summed E-state index contributed by atoms with van der Waals surface area (Å²) in [6.07, 6.45) is 0. The molecule has 0 aliphatic rings. The molecule has 62 valence electrons. The second-order valence-electron chi connectivity index (χ2n) is 2.26. The van der Waals surface area contributed by atoms with E-state index in [1.807, 2.05) is 22.9 Å². The van der Waals surface area contributed by atoms with E-state index < -0.39 is 0 Å². The van der Waals surface area contributed by atoms with Crippen LogP contribution < -0.4 is 0 Å². The molecule has 2 rings (SSSR count). The minimum absolute atomic E-state index is 0.791. The van der Waals surface area contributed by atoms with Gasteiger partial charge in [-0.25, -0.2) is 0 Å². The van der Waals surface area contributed by atoms with Gasteiger partial charge in [0.05, 0.1) is 10.0 Å². The van der Waals surface area contributed by atoms with E-state index in [0.717, 1.165) is 10.0 Å². The van der Waals surface area contributed by atoms with Crippen LogP contribution in [0.5, 0.6) is 0 Å². The van der Waals surface area contributed by atoms with Crippen molar-refractivity contribution < 1.29 is 0 Å². The SMILES string of the molecule is Clc1csc(-c2cc(Cl)cs2)c1. The Balaban J connectivity index is 2.43. The molecule has 0 amide bonds. The molecular formula is C8H4Cl2S2. The van der Waals surface area contributed by atoms with Crippen LogP contribution in [0.3, 0.4) is 0 Å². The summed E-state index contributed by atoms with van der Waals surface area (Å²) >= 11 is 14.9. The summed E-state index contributed by atoms with van der Waals surface area (Å²) in [6, 6.07) is 3.91. The molecule has 0 aliphatic carbocycles. The molecule has 0 aromatic carbocycles. The lowest BCUT2D eigenvalue weighted by molar-refractivity contribution is 1.92. The van der Waals surface area contributed by atoms with Gasteiger partial charge in [-0.2, -0.15) is 0 Å². The van der Waals surface area contributed by atoms with Crippen LogP contribution in [-0.2, 0) is 0 Å². The topological polar surface area (TPSA) is 0 Å². The first-order valence-corrected chi connectivity index (χ1v) is 5.75. The fourth-order valence-electron chi connectivity index (χ4n) is 0.885. The van der Waals surface area contributed by atoms with E-state index in [0.29, 0.717) is 0 Å². The number of thiophene rings is 2. The predicted molar refractivity (Wildman–Crippen MR) is 57.7 cm³/mol. The second kappa shape index (κ2) is 3.38. The number of halogens is 2. The largest absolute Gasteiger partial charge is 0.141 e. The van der Waals surface area contributed by atoms with Crippen molar-refractivity contribution in [1.29, 1.82) is 0 Å². The molecule has 2 aromatic heterocycles. The molecule has 0 nitrogen and oxygen atoms in total. The van der Waals surface area contributed by atoms with E-state index >= 15 is 0 Å². The highest BCUT2D eigenvalue weighted by molar-refractivity contribution is 7.20. The van der Waals surface area contributed by atoms with Crippen molar-refractivity contribution >= 4 is 45.9 Å². The average Bonchev–Trinajstić information content (AvgIpc) is 2.58. The maximum atomic E-state index is 5.80. The van der Waals surface area contributed by atoms with E-state index in [4.69, 9.17) is 23.2 Å². The van der Waals surface area contributed by atoms with Gasteiger partial charge in [0.15, 0.2) is 0 Å². The van der Waals surface area contributed by atoms with Crippen LogP contribution in [0.25, 0.3) is 9.75 Å². The second-order valence-corrected chi connectivity index (χ2v) is 4.95. The monoisotopic (exact) mass is 234 g/mol. The van der Waals surface area contributed by atoms with Gasteiger partial charge in [-0.1, -0.05) is 23.2 Å². The van der Waals surface area contributed by atoms with E-state index in [2.05, 4.69) is 0 Å². The van der Waals surface area contributed by atoms with Crippen molar-refractivity contribution in [3.63, 3.8) is 0 Å². The molecule has 4 heteroatoms. The molecule has 0 aliphatic heterocycles. The zero-order chi connectivity index (χ0) is 8.55. The summed E-state index contributed by atoms with van der Waals surface area (Å²) < 4.78 is 0. The lowest BCUT2D eigenvalue weighted by Crippen LogP contribution is -1.57. The number of hydrogen-bond acceptors (Lipinski definition) is 2. The van der Waals surface area contributed by atoms with Gasteiger partial charge >= 0.3 is 0 Å². The summed E-state index contributed by atoms with van der Waals surface area (Å²) in [7, 11) is 0. The third-order valence-corrected chi connectivity index (χ3v) is 4.13. The van der Waals surface area contributed by atoms with Crippen LogP contribution >= 0.6 is 45.9 Å². The summed E-state index contributed by atoms with van der Waals surface area (Å²) in [6.45, 7) is 0. The molecule has 12 heavy (non-hydrogen) atoms. The highest BCUT2D eigenvalue weighted by Crippen LogP contribution is 2.35. The molecule has 0 saturated carbocycles. The molecule has 0 fully saturated rings. The van der Waals surface area contributed by atoms with Crippen LogP contribution in [-0.4, -0.2) is 0 Å². The van der Waals surface area contributed by atoms with Gasteiger partial charge in [0.2, 0.25) is 0 Å². The van der Waals surface area contributed by atoms with E-state index in [1.165, 1.54) is 9.75 Å². The van der Waals surface area contributed by atoms with Crippen molar-refractivity contribution in [3.05, 3.63) is 32.9 Å². The quantitative estimate of drug-likeness (QED) is 0.667. The molecule has 0 saturated heterocycles. The lowest BCUT2D eigenvalue weighted by atomic mass is 10.4. The van der Waals surface area contributed by atoms with Crippen LogP contribution in [0.4, 0.5) is 0 Å². The summed E-state index contributed by atoms with van der Waals surface area (Å²) in [4.78, 5) is 2.36. The van der Waals surface area contributed by atoms with E-state index in [1.54, 1.807) is 22.7 Å². The first kappa shape index (κ1) is 8.57. The molecule has 2 heterocycles. The Hall–Kier alpha value is -0.0200. The molecule has 0 N–H and O–H groups in total. The van der Waals surface area contributed by atoms with Gasteiger partial charge in [-0.05, 0) is 12.1 Å². The van der Waals surface area contributed by atoms with Crippen molar-refractivity contribution in [3.8, 4) is 9.75 Å². The molecule has 0 unspecified atom stereocenters. The zero-order valence-electron chi connectivity index (χ0n) is 5.88. The molecular weight excluding hydrogens is 231 g/mol. The van der Waals surface area contributed by atoms with Crippen LogP contribution in [0, 0.1) is 0 Å². The van der Waals surface area contributed by atoms with Gasteiger partial charge in [0, 0.05) is 20.5 Å². The van der Waals surface area contributed by atoms with Crippen molar-refractivity contribution in [2.45, 2.75) is 0 Å². The van der Waals surface area contributed by atoms with E-state index in [9.17, 15) is 0 Å². The summed E-state index contributed by atoms with van der Waals surface area (Å²) in [5, 5.41) is 5.42. The van der Waals surface area contributed by atoms with Crippen molar-refractivity contribution in [2.24, 2.45) is 0 Å². The first-order chi connectivity index (χ1) is 5.75. The maximum absolute atomic E-state index is 5.80. The third-order valence-electron chi connectivity index (χ3n) is 1.38. The van der Waals surface area contributed by atoms with Crippen LogP contribution in [0.1, 0.15) is 0 Å². The Morgan fingerprint density at radius 2 is 1.25 bits per heavy atom. The minimum atomic E-state index is 0.791. The zero-order valence-corrected chi connectivity index (χ0v) is 9.03. The fourth-order valence-corrected chi connectivity index (χ4v) is 3.14. The molecule has 0 bridgehead atoms. The van der Waals surface area contributed by atoms with E-state index in [-0.39, 0.29) is 0 Å². The normalized spacial score (nSPS) is 10.5. The van der Waals surface area contributed by atoms with Gasteiger partial charge < -0.3 is 0 Å². The third kappa shape index (κ3) is 1.67. The lowest BCUT2D eigenvalue weighted by Gasteiger charge is -1.85. The van der Waals surface area contributed by atoms with Crippen molar-refractivity contribution in [2.75, 3.05) is 0 Å². The van der Waals surface area contributed by atoms with Gasteiger partial charge in [0.25, 0.3) is 0 Å². The fraction of sp³-hybridized carbons (Fsp3) is 0. The van der Waals surface area contributed by atoms with Crippen LogP contribution in [0.2, 0.25) is 10.0 Å². The molecule has 0 spiro atoms. The number of rotatable bonds is 1. The molecule has 2 aromatic rings. The Morgan fingerprint density at radius 1 is 0.833 bits per heavy atom. The maximum Gasteiger partial charge on any atom is 0.0519 e. The molecule has 0 atom stereocenters. The highest BCUT2D eigenvalue weighted by atomic mass is 35.5. The first-order valence-electron chi connectivity index (χ1n) is 3.24. The predicted octanol–water partition coefficient (Wildman–Crippen LogP) is 4.78. The average molecular weight is 235 g/mol. The van der Waals surface area contributed by atoms with Gasteiger partial charge in [-0.15, -0.1) is 22.7 Å². The highest BCUT2D eigenvalue weighted by Gasteiger charge is 2.03. The smallest absolute Gasteiger partial charge is 0.0519 e. The summed E-state index contributed by atoms with van der Waals surface area (Å²) in [5.41, 5.74) is 0. The van der Waals surface area contributed by atoms with Gasteiger partial charge in [-0.3, -0.25) is 0 Å². The Morgan fingerprint density at radius 3 is 1.50 bits per heavy atom. The Bertz CT molecular complexity index is 351. The summed E-state index contributed by atoms with van der Waals surface area (Å²) in [5.74, 6) is 0. The van der Waals surface area contributed by atoms with Gasteiger partial charge in [0.1, 0.15) is 0 Å². The van der Waals surface area contributed by atoms with Crippen LogP contribution in [0.15, 0.2) is 22.9 Å². The number of hydrogen-bond donors (Lipinski definition) is 0. The molecule has 0 radical (unpaired) electrons. The Labute approximate surface area is 88.4 Å². The Kier molecular flexibility index (Phi) is 2.42. The van der Waals surface area contributed by atoms with Crippen molar-refractivity contribution in [1.82, 2.24) is 0 Å². The standard InChI is InChI=1S/C8H4Cl2S2/c9-5-1-7(11-3-5)8-2-6(10)4-12-8/h1-4H.